The number of rotatable bonds is 3. The number of hydrogen-bond donors (Lipinski definition) is 0. The topological polar surface area (TPSA) is 53.1 Å². The number of hydrogen-bond acceptors (Lipinski definition) is 4. The maximum atomic E-state index is 12.0. The van der Waals surface area contributed by atoms with Crippen LogP contribution >= 0.6 is 0 Å². The van der Waals surface area contributed by atoms with E-state index in [1.807, 2.05) is 11.8 Å². The number of amides is 2. The number of likely N-dealkylation sites (tertiary alicyclic amines) is 2. The van der Waals surface area contributed by atoms with Crippen molar-refractivity contribution < 1.29 is 14.3 Å². The molecule has 0 spiro atoms. The fourth-order valence-electron chi connectivity index (χ4n) is 3.39. The van der Waals surface area contributed by atoms with E-state index >= 15 is 0 Å². The fourth-order valence-corrected chi connectivity index (χ4v) is 3.39. The molecule has 6 nitrogen and oxygen atoms in total. The van der Waals surface area contributed by atoms with Crippen LogP contribution in [0.1, 0.15) is 32.6 Å². The third-order valence-electron chi connectivity index (χ3n) is 4.44. The van der Waals surface area contributed by atoms with Gasteiger partial charge in [0.25, 0.3) is 0 Å². The van der Waals surface area contributed by atoms with Gasteiger partial charge in [-0.1, -0.05) is 0 Å². The second-order valence-corrected chi connectivity index (χ2v) is 6.04. The van der Waals surface area contributed by atoms with Gasteiger partial charge < -0.3 is 14.5 Å². The highest BCUT2D eigenvalue weighted by Gasteiger charge is 2.38. The highest BCUT2D eigenvalue weighted by Crippen LogP contribution is 2.27. The zero-order chi connectivity index (χ0) is 15.4. The summed E-state index contributed by atoms with van der Waals surface area (Å²) in [5.41, 5.74) is 0. The van der Waals surface area contributed by atoms with Crippen molar-refractivity contribution in [3.8, 4) is 0 Å². The first-order chi connectivity index (χ1) is 10.0. The largest absolute Gasteiger partial charge is 0.465 e. The van der Waals surface area contributed by atoms with Crippen LogP contribution in [-0.4, -0.2) is 79.1 Å². The van der Waals surface area contributed by atoms with Crippen LogP contribution in [0.3, 0.4) is 0 Å². The van der Waals surface area contributed by atoms with Gasteiger partial charge in [0, 0.05) is 33.2 Å². The van der Waals surface area contributed by atoms with Gasteiger partial charge in [0.1, 0.15) is 6.04 Å². The van der Waals surface area contributed by atoms with Gasteiger partial charge in [-0.05, 0) is 39.2 Å². The highest BCUT2D eigenvalue weighted by molar-refractivity contribution is 5.76. The van der Waals surface area contributed by atoms with E-state index in [9.17, 15) is 9.59 Å². The average Bonchev–Trinajstić information content (AvgIpc) is 2.96. The van der Waals surface area contributed by atoms with Crippen molar-refractivity contribution in [2.45, 2.75) is 44.7 Å². The molecule has 0 aromatic rings. The Bertz CT molecular complexity index is 378. The number of ether oxygens (including phenoxy) is 1. The zero-order valence-corrected chi connectivity index (χ0v) is 13.4. The van der Waals surface area contributed by atoms with Crippen LogP contribution in [0, 0.1) is 0 Å². The first-order valence-corrected chi connectivity index (χ1v) is 7.93. The Morgan fingerprint density at radius 3 is 2.38 bits per heavy atom. The first-order valence-electron chi connectivity index (χ1n) is 7.93. The van der Waals surface area contributed by atoms with Crippen molar-refractivity contribution in [1.29, 1.82) is 0 Å². The molecule has 2 heterocycles. The lowest BCUT2D eigenvalue weighted by atomic mass is 10.0. The molecule has 2 aliphatic rings. The number of piperidine rings is 1. The Morgan fingerprint density at radius 2 is 1.81 bits per heavy atom. The van der Waals surface area contributed by atoms with E-state index in [1.165, 1.54) is 0 Å². The van der Waals surface area contributed by atoms with Gasteiger partial charge in [-0.2, -0.15) is 0 Å². The van der Waals surface area contributed by atoms with Gasteiger partial charge in [0.15, 0.2) is 0 Å². The zero-order valence-electron chi connectivity index (χ0n) is 13.4. The first kappa shape index (κ1) is 16.1. The Morgan fingerprint density at radius 1 is 1.14 bits per heavy atom. The van der Waals surface area contributed by atoms with Crippen molar-refractivity contribution in [2.24, 2.45) is 0 Å². The van der Waals surface area contributed by atoms with E-state index in [-0.39, 0.29) is 18.0 Å². The molecule has 1 atom stereocenters. The fraction of sp³-hybridized carbons (Fsp3) is 0.867. The third-order valence-corrected chi connectivity index (χ3v) is 4.44. The average molecular weight is 297 g/mol. The summed E-state index contributed by atoms with van der Waals surface area (Å²) in [6.45, 7) is 4.80. The lowest BCUT2D eigenvalue weighted by molar-refractivity contribution is -0.149. The number of nitrogens with zero attached hydrogens (tertiary/aromatic N) is 3. The second-order valence-electron chi connectivity index (χ2n) is 6.04. The molecule has 0 unspecified atom stereocenters. The van der Waals surface area contributed by atoms with E-state index in [4.69, 9.17) is 4.74 Å². The molecular weight excluding hydrogens is 270 g/mol. The smallest absolute Gasteiger partial charge is 0.323 e. The Kier molecular flexibility index (Phi) is 5.45. The predicted molar refractivity (Wildman–Crippen MR) is 80.0 cm³/mol. The Balaban J connectivity index is 1.89. The molecule has 6 heteroatoms. The molecule has 0 radical (unpaired) electrons. The molecule has 0 aliphatic carbocycles. The predicted octanol–water partition coefficient (Wildman–Crippen LogP) is 1.16. The molecule has 2 fully saturated rings. The number of carbonyl (C=O) groups is 2. The lowest BCUT2D eigenvalue weighted by Gasteiger charge is -2.39. The number of urea groups is 1. The van der Waals surface area contributed by atoms with Crippen LogP contribution < -0.4 is 0 Å². The minimum absolute atomic E-state index is 0.0777. The SMILES string of the molecule is CCOC(=O)[C@H]1CCCN1C1CCN(C(=O)N(C)C)CC1. The number of carbonyl (C=O) groups excluding carboxylic acids is 2. The van der Waals surface area contributed by atoms with E-state index in [2.05, 4.69) is 4.90 Å². The molecule has 120 valence electrons. The molecular formula is C15H27N3O3. The van der Waals surface area contributed by atoms with E-state index in [1.54, 1.807) is 19.0 Å². The van der Waals surface area contributed by atoms with Gasteiger partial charge in [0.05, 0.1) is 6.61 Å². The molecule has 0 N–H and O–H groups in total. The van der Waals surface area contributed by atoms with Crippen molar-refractivity contribution in [1.82, 2.24) is 14.7 Å². The molecule has 2 aliphatic heterocycles. The quantitative estimate of drug-likeness (QED) is 0.734. The summed E-state index contributed by atoms with van der Waals surface area (Å²) >= 11 is 0. The van der Waals surface area contributed by atoms with Crippen LogP contribution in [0.2, 0.25) is 0 Å². The molecule has 2 amide bonds. The summed E-state index contributed by atoms with van der Waals surface area (Å²) in [6, 6.07) is 0.399. The van der Waals surface area contributed by atoms with Gasteiger partial charge in [-0.3, -0.25) is 9.69 Å². The summed E-state index contributed by atoms with van der Waals surface area (Å²) in [6.07, 6.45) is 3.83. The lowest BCUT2D eigenvalue weighted by Crippen LogP contribution is -2.51. The summed E-state index contributed by atoms with van der Waals surface area (Å²) in [7, 11) is 3.57. The van der Waals surface area contributed by atoms with Crippen molar-refractivity contribution in [3.05, 3.63) is 0 Å². The van der Waals surface area contributed by atoms with Gasteiger partial charge in [-0.25, -0.2) is 4.79 Å². The molecule has 21 heavy (non-hydrogen) atoms. The molecule has 0 bridgehead atoms. The van der Waals surface area contributed by atoms with Crippen LogP contribution in [0.5, 0.6) is 0 Å². The van der Waals surface area contributed by atoms with E-state index < -0.39 is 0 Å². The summed E-state index contributed by atoms with van der Waals surface area (Å²) in [4.78, 5) is 29.8. The summed E-state index contributed by atoms with van der Waals surface area (Å²) in [5, 5.41) is 0. The van der Waals surface area contributed by atoms with E-state index in [0.717, 1.165) is 45.3 Å². The minimum atomic E-state index is -0.0817. The minimum Gasteiger partial charge on any atom is -0.465 e. The molecule has 2 rings (SSSR count). The molecule has 0 aromatic carbocycles. The van der Waals surface area contributed by atoms with Crippen molar-refractivity contribution in [3.63, 3.8) is 0 Å². The Hall–Kier alpha value is -1.30. The maximum Gasteiger partial charge on any atom is 0.323 e. The van der Waals surface area contributed by atoms with Gasteiger partial charge in [0.2, 0.25) is 0 Å². The van der Waals surface area contributed by atoms with Crippen LogP contribution in [0.4, 0.5) is 4.79 Å². The van der Waals surface area contributed by atoms with Crippen LogP contribution in [-0.2, 0) is 9.53 Å². The standard InChI is InChI=1S/C15H27N3O3/c1-4-21-14(19)13-6-5-9-18(13)12-7-10-17(11-8-12)15(20)16(2)3/h12-13H,4-11H2,1-3H3/t13-/m1/s1. The third kappa shape index (κ3) is 3.67. The monoisotopic (exact) mass is 297 g/mol. The highest BCUT2D eigenvalue weighted by atomic mass is 16.5. The molecule has 2 saturated heterocycles. The second kappa shape index (κ2) is 7.11. The molecule has 0 saturated carbocycles. The van der Waals surface area contributed by atoms with Gasteiger partial charge in [-0.15, -0.1) is 0 Å². The van der Waals surface area contributed by atoms with Crippen molar-refractivity contribution in [2.75, 3.05) is 40.3 Å². The summed E-state index contributed by atoms with van der Waals surface area (Å²) < 4.78 is 5.19. The Labute approximate surface area is 127 Å². The maximum absolute atomic E-state index is 12.0. The van der Waals surface area contributed by atoms with Crippen LogP contribution in [0.15, 0.2) is 0 Å². The van der Waals surface area contributed by atoms with Crippen LogP contribution in [0.25, 0.3) is 0 Å². The normalized spacial score (nSPS) is 24.1. The van der Waals surface area contributed by atoms with E-state index in [0.29, 0.717) is 12.6 Å². The van der Waals surface area contributed by atoms with Crippen molar-refractivity contribution >= 4 is 12.0 Å². The van der Waals surface area contributed by atoms with Gasteiger partial charge >= 0.3 is 12.0 Å². The number of esters is 1. The summed E-state index contributed by atoms with van der Waals surface area (Å²) in [5.74, 6) is -0.0817. The molecule has 0 aromatic heterocycles.